The van der Waals surface area contributed by atoms with Crippen LogP contribution in [0.15, 0.2) is 0 Å². The van der Waals surface area contributed by atoms with Crippen LogP contribution in [0.2, 0.25) is 0 Å². The van der Waals surface area contributed by atoms with E-state index in [0.29, 0.717) is 19.6 Å². The van der Waals surface area contributed by atoms with E-state index in [2.05, 4.69) is 0 Å². The number of carbonyl (C=O) groups excluding carboxylic acids is 1. The van der Waals surface area contributed by atoms with Gasteiger partial charge in [-0.3, -0.25) is 4.79 Å². The maximum absolute atomic E-state index is 11.1. The lowest BCUT2D eigenvalue weighted by atomic mass is 10.1. The molecule has 0 aromatic rings. The molecule has 1 heterocycles. The first-order valence-corrected chi connectivity index (χ1v) is 7.24. The largest absolute Gasteiger partial charge is 0.466 e. The van der Waals surface area contributed by atoms with Gasteiger partial charge in [0, 0.05) is 12.8 Å². The minimum atomic E-state index is -1.39. The normalized spacial score (nSPS) is 24.5. The minimum absolute atomic E-state index is 0.106. The van der Waals surface area contributed by atoms with E-state index in [1.807, 2.05) is 13.8 Å². The standard InChI is InChI=1S/C12H22O6.C2H6/c1-3-16-11(14)4-5-12(2,15)18-8-10-6-9(13)7-17-10;1-2/h9-10,13,15H,3-8H2,1-2H3;1-2H3/t9?,10-,12?;/m1./s1. The maximum atomic E-state index is 11.1. The number of esters is 1. The van der Waals surface area contributed by atoms with Crippen LogP contribution in [-0.2, 0) is 19.0 Å². The third-order valence-corrected chi connectivity index (χ3v) is 2.74. The summed E-state index contributed by atoms with van der Waals surface area (Å²) in [6, 6.07) is 0. The predicted octanol–water partition coefficient (Wildman–Crippen LogP) is 1.23. The summed E-state index contributed by atoms with van der Waals surface area (Å²) in [5.74, 6) is -1.74. The van der Waals surface area contributed by atoms with Crippen molar-refractivity contribution in [3.05, 3.63) is 0 Å². The lowest BCUT2D eigenvalue weighted by Crippen LogP contribution is -2.33. The Morgan fingerprint density at radius 1 is 1.45 bits per heavy atom. The van der Waals surface area contributed by atoms with Crippen LogP contribution in [0.3, 0.4) is 0 Å². The average molecular weight is 292 g/mol. The van der Waals surface area contributed by atoms with Gasteiger partial charge in [-0.05, 0) is 13.8 Å². The van der Waals surface area contributed by atoms with E-state index in [9.17, 15) is 15.0 Å². The molecule has 0 aliphatic carbocycles. The average Bonchev–Trinajstić information content (AvgIpc) is 2.83. The van der Waals surface area contributed by atoms with Gasteiger partial charge >= 0.3 is 5.97 Å². The van der Waals surface area contributed by atoms with Gasteiger partial charge in [0.25, 0.3) is 0 Å². The van der Waals surface area contributed by atoms with Gasteiger partial charge in [-0.2, -0.15) is 0 Å². The quantitative estimate of drug-likeness (QED) is 0.542. The third-order valence-electron chi connectivity index (χ3n) is 2.74. The molecule has 2 N–H and O–H groups in total. The van der Waals surface area contributed by atoms with E-state index in [1.165, 1.54) is 6.92 Å². The minimum Gasteiger partial charge on any atom is -0.466 e. The zero-order valence-corrected chi connectivity index (χ0v) is 12.9. The van der Waals surface area contributed by atoms with Gasteiger partial charge < -0.3 is 24.4 Å². The molecule has 0 radical (unpaired) electrons. The number of aliphatic hydroxyl groups is 2. The van der Waals surface area contributed by atoms with Gasteiger partial charge in [-0.25, -0.2) is 0 Å². The SMILES string of the molecule is CC.CCOC(=O)CCC(C)(O)OC[C@H]1CC(O)CO1. The molecule has 3 atom stereocenters. The number of ether oxygens (including phenoxy) is 3. The van der Waals surface area contributed by atoms with Crippen molar-refractivity contribution in [3.63, 3.8) is 0 Å². The topological polar surface area (TPSA) is 85.2 Å². The first kappa shape index (κ1) is 19.3. The number of aliphatic hydroxyl groups excluding tert-OH is 1. The van der Waals surface area contributed by atoms with E-state index in [4.69, 9.17) is 14.2 Å². The lowest BCUT2D eigenvalue weighted by Gasteiger charge is -2.25. The highest BCUT2D eigenvalue weighted by molar-refractivity contribution is 5.69. The van der Waals surface area contributed by atoms with Crippen LogP contribution < -0.4 is 0 Å². The fourth-order valence-corrected chi connectivity index (χ4v) is 1.71. The number of rotatable bonds is 7. The Morgan fingerprint density at radius 2 is 2.10 bits per heavy atom. The Balaban J connectivity index is 0.00000172. The van der Waals surface area contributed by atoms with Crippen LogP contribution in [0.1, 0.15) is 47.0 Å². The summed E-state index contributed by atoms with van der Waals surface area (Å²) in [4.78, 5) is 11.1. The van der Waals surface area contributed by atoms with Crippen molar-refractivity contribution in [1.29, 1.82) is 0 Å². The highest BCUT2D eigenvalue weighted by Crippen LogP contribution is 2.19. The summed E-state index contributed by atoms with van der Waals surface area (Å²) in [5, 5.41) is 19.2. The Morgan fingerprint density at radius 3 is 2.60 bits per heavy atom. The van der Waals surface area contributed by atoms with Gasteiger partial charge in [0.1, 0.15) is 0 Å². The zero-order chi connectivity index (χ0) is 15.6. The maximum Gasteiger partial charge on any atom is 0.305 e. The Bertz CT molecular complexity index is 266. The monoisotopic (exact) mass is 292 g/mol. The number of hydrogen-bond donors (Lipinski definition) is 2. The Kier molecular flexibility index (Phi) is 9.75. The highest BCUT2D eigenvalue weighted by atomic mass is 16.6. The van der Waals surface area contributed by atoms with Crippen LogP contribution in [0, 0.1) is 0 Å². The van der Waals surface area contributed by atoms with Crippen LogP contribution in [0.4, 0.5) is 0 Å². The highest BCUT2D eigenvalue weighted by Gasteiger charge is 2.28. The first-order valence-electron chi connectivity index (χ1n) is 7.24. The second-order valence-electron chi connectivity index (χ2n) is 4.64. The molecule has 20 heavy (non-hydrogen) atoms. The zero-order valence-electron chi connectivity index (χ0n) is 12.9. The van der Waals surface area contributed by atoms with Gasteiger partial charge in [-0.1, -0.05) is 13.8 Å². The van der Waals surface area contributed by atoms with Gasteiger partial charge in [0.2, 0.25) is 0 Å². The fourth-order valence-electron chi connectivity index (χ4n) is 1.71. The molecule has 0 bridgehead atoms. The molecule has 6 heteroatoms. The van der Waals surface area contributed by atoms with Crippen molar-refractivity contribution in [1.82, 2.24) is 0 Å². The molecule has 0 amide bonds. The van der Waals surface area contributed by atoms with Crippen molar-refractivity contribution in [2.45, 2.75) is 65.0 Å². The molecule has 1 saturated heterocycles. The summed E-state index contributed by atoms with van der Waals surface area (Å²) in [7, 11) is 0. The van der Waals surface area contributed by atoms with Crippen molar-refractivity contribution in [2.75, 3.05) is 19.8 Å². The molecule has 1 aliphatic heterocycles. The fraction of sp³-hybridized carbons (Fsp3) is 0.929. The predicted molar refractivity (Wildman–Crippen MR) is 74.2 cm³/mol. The molecule has 120 valence electrons. The number of carbonyl (C=O) groups is 1. The van der Waals surface area contributed by atoms with Crippen molar-refractivity contribution in [2.24, 2.45) is 0 Å². The third kappa shape index (κ3) is 8.47. The van der Waals surface area contributed by atoms with E-state index >= 15 is 0 Å². The molecule has 0 aromatic carbocycles. The van der Waals surface area contributed by atoms with Gasteiger partial charge in [0.15, 0.2) is 5.79 Å². The Hall–Kier alpha value is -0.690. The van der Waals surface area contributed by atoms with E-state index in [1.54, 1.807) is 6.92 Å². The molecule has 0 spiro atoms. The van der Waals surface area contributed by atoms with Crippen molar-refractivity contribution in [3.8, 4) is 0 Å². The van der Waals surface area contributed by atoms with Crippen LogP contribution in [0.25, 0.3) is 0 Å². The molecule has 0 saturated carbocycles. The van der Waals surface area contributed by atoms with Crippen LogP contribution in [-0.4, -0.2) is 54.0 Å². The molecule has 6 nitrogen and oxygen atoms in total. The second-order valence-corrected chi connectivity index (χ2v) is 4.64. The first-order chi connectivity index (χ1) is 9.43. The summed E-state index contributed by atoms with van der Waals surface area (Å²) >= 11 is 0. The summed E-state index contributed by atoms with van der Waals surface area (Å²) in [5.41, 5.74) is 0. The molecule has 2 unspecified atom stereocenters. The van der Waals surface area contributed by atoms with Crippen LogP contribution >= 0.6 is 0 Å². The van der Waals surface area contributed by atoms with Crippen LogP contribution in [0.5, 0.6) is 0 Å². The van der Waals surface area contributed by atoms with Gasteiger partial charge in [-0.15, -0.1) is 0 Å². The Labute approximate surface area is 121 Å². The molecule has 0 aromatic heterocycles. The second kappa shape index (κ2) is 10.1. The molecule has 1 rings (SSSR count). The molecule has 1 fully saturated rings. The van der Waals surface area contributed by atoms with E-state index < -0.39 is 11.9 Å². The van der Waals surface area contributed by atoms with E-state index in [-0.39, 0.29) is 31.5 Å². The summed E-state index contributed by atoms with van der Waals surface area (Å²) in [6.45, 7) is 8.06. The molecular formula is C14H28O6. The lowest BCUT2D eigenvalue weighted by molar-refractivity contribution is -0.209. The van der Waals surface area contributed by atoms with E-state index in [0.717, 1.165) is 0 Å². The molecule has 1 aliphatic rings. The van der Waals surface area contributed by atoms with Crippen molar-refractivity contribution >= 4 is 5.97 Å². The smallest absolute Gasteiger partial charge is 0.305 e. The van der Waals surface area contributed by atoms with Crippen molar-refractivity contribution < 1.29 is 29.2 Å². The summed E-state index contributed by atoms with van der Waals surface area (Å²) < 4.78 is 15.3. The molecular weight excluding hydrogens is 264 g/mol. The van der Waals surface area contributed by atoms with Gasteiger partial charge in [0.05, 0.1) is 38.4 Å². The summed E-state index contributed by atoms with van der Waals surface area (Å²) in [6.07, 6.45) is 0.126. The number of hydrogen-bond acceptors (Lipinski definition) is 6.